The molecule has 0 aliphatic carbocycles. The molecule has 0 atom stereocenters. The van der Waals surface area contributed by atoms with Gasteiger partial charge in [-0.25, -0.2) is 4.98 Å². The van der Waals surface area contributed by atoms with Crippen LogP contribution in [0.3, 0.4) is 0 Å². The minimum atomic E-state index is 0.0382. The highest BCUT2D eigenvalue weighted by atomic mass is 35.5. The maximum atomic E-state index is 12.8. The third-order valence-electron chi connectivity index (χ3n) is 5.84. The fraction of sp³-hybridized carbons (Fsp3) is 0.280. The Bertz CT molecular complexity index is 1310. The van der Waals surface area contributed by atoms with Gasteiger partial charge in [-0.2, -0.15) is 0 Å². The molecule has 0 bridgehead atoms. The zero-order valence-electron chi connectivity index (χ0n) is 18.8. The number of nitrogens with zero attached hydrogens (tertiary/aromatic N) is 5. The number of para-hydroxylation sites is 1. The first-order valence-corrected chi connectivity index (χ1v) is 13.5. The van der Waals surface area contributed by atoms with Gasteiger partial charge < -0.3 is 4.90 Å². The first kappa shape index (κ1) is 23.1. The third kappa shape index (κ3) is 4.76. The Kier molecular flexibility index (Phi) is 6.99. The highest BCUT2D eigenvalue weighted by Gasteiger charge is 2.22. The van der Waals surface area contributed by atoms with Crippen molar-refractivity contribution < 1.29 is 4.79 Å². The Morgan fingerprint density at radius 1 is 1.06 bits per heavy atom. The number of piperidine rings is 1. The lowest BCUT2D eigenvalue weighted by Gasteiger charge is -2.25. The fourth-order valence-corrected chi connectivity index (χ4v) is 6.02. The highest BCUT2D eigenvalue weighted by Crippen LogP contribution is 2.34. The van der Waals surface area contributed by atoms with E-state index in [0.29, 0.717) is 22.3 Å². The average Bonchev–Trinajstić information content (AvgIpc) is 3.51. The van der Waals surface area contributed by atoms with Crippen molar-refractivity contribution in [2.24, 2.45) is 0 Å². The summed E-state index contributed by atoms with van der Waals surface area (Å²) in [6, 6.07) is 15.8. The van der Waals surface area contributed by atoms with Crippen LogP contribution in [0.4, 0.5) is 0 Å². The first-order valence-electron chi connectivity index (χ1n) is 11.2. The molecule has 0 saturated carbocycles. The van der Waals surface area contributed by atoms with Gasteiger partial charge in [0.05, 0.1) is 16.5 Å². The second-order valence-electron chi connectivity index (χ2n) is 8.18. The maximum absolute atomic E-state index is 12.8. The van der Waals surface area contributed by atoms with Gasteiger partial charge in [0.2, 0.25) is 0 Å². The predicted octanol–water partition coefficient (Wildman–Crippen LogP) is 6.27. The molecule has 34 heavy (non-hydrogen) atoms. The summed E-state index contributed by atoms with van der Waals surface area (Å²) < 4.78 is 2.05. The Hall–Kier alpha value is -2.68. The zero-order chi connectivity index (χ0) is 23.5. The third-order valence-corrected chi connectivity index (χ3v) is 8.14. The molecule has 1 saturated heterocycles. The topological polar surface area (TPSA) is 63.9 Å². The molecule has 2 aromatic carbocycles. The van der Waals surface area contributed by atoms with Gasteiger partial charge in [-0.3, -0.25) is 9.36 Å². The Labute approximate surface area is 212 Å². The molecule has 2 aromatic heterocycles. The van der Waals surface area contributed by atoms with Gasteiger partial charge in [0.25, 0.3) is 5.91 Å². The number of thioether (sulfide) groups is 1. The summed E-state index contributed by atoms with van der Waals surface area (Å²) in [7, 11) is 0. The molecule has 0 N–H and O–H groups in total. The Morgan fingerprint density at radius 3 is 2.62 bits per heavy atom. The standard InChI is InChI=1S/C25H24ClN5OS2/c1-17-9-3-6-12-21(17)31-23(18-10-4-5-11-19(18)26)28-29-25(31)34-16-22-27-20(15-33-22)24(32)30-13-7-2-8-14-30/h3-6,9-12,15H,2,7-8,13-14,16H2,1H3. The van der Waals surface area contributed by atoms with Crippen LogP contribution in [-0.2, 0) is 5.75 Å². The molecule has 0 spiro atoms. The van der Waals surface area contributed by atoms with Crippen molar-refractivity contribution in [3.63, 3.8) is 0 Å². The largest absolute Gasteiger partial charge is 0.337 e. The molecule has 5 rings (SSSR count). The van der Waals surface area contributed by atoms with Crippen LogP contribution in [0.5, 0.6) is 0 Å². The summed E-state index contributed by atoms with van der Waals surface area (Å²) >= 11 is 9.57. The second-order valence-corrected chi connectivity index (χ2v) is 10.5. The van der Waals surface area contributed by atoms with Gasteiger partial charge in [0.15, 0.2) is 11.0 Å². The molecule has 6 nitrogen and oxygen atoms in total. The quantitative estimate of drug-likeness (QED) is 0.286. The molecule has 174 valence electrons. The Morgan fingerprint density at radius 2 is 1.82 bits per heavy atom. The van der Waals surface area contributed by atoms with Crippen LogP contribution in [0.2, 0.25) is 5.02 Å². The molecule has 3 heterocycles. The van der Waals surface area contributed by atoms with Crippen LogP contribution in [0.15, 0.2) is 59.1 Å². The number of thiazole rings is 1. The van der Waals surface area contributed by atoms with Gasteiger partial charge in [-0.15, -0.1) is 21.5 Å². The molecule has 1 aliphatic heterocycles. The van der Waals surface area contributed by atoms with Gasteiger partial charge in [-0.1, -0.05) is 53.7 Å². The minimum Gasteiger partial charge on any atom is -0.337 e. The molecule has 0 radical (unpaired) electrons. The number of amides is 1. The van der Waals surface area contributed by atoms with E-state index in [1.54, 1.807) is 11.8 Å². The number of carbonyl (C=O) groups is 1. The summed E-state index contributed by atoms with van der Waals surface area (Å²) in [4.78, 5) is 19.3. The van der Waals surface area contributed by atoms with Crippen LogP contribution in [0, 0.1) is 6.92 Å². The zero-order valence-corrected chi connectivity index (χ0v) is 21.2. The number of halogens is 1. The van der Waals surface area contributed by atoms with Crippen LogP contribution < -0.4 is 0 Å². The van der Waals surface area contributed by atoms with E-state index < -0.39 is 0 Å². The summed E-state index contributed by atoms with van der Waals surface area (Å²) in [5.41, 5.74) is 3.49. The van der Waals surface area contributed by atoms with Crippen molar-refractivity contribution in [2.75, 3.05) is 13.1 Å². The van der Waals surface area contributed by atoms with Crippen LogP contribution in [0.25, 0.3) is 17.1 Å². The van der Waals surface area contributed by atoms with Gasteiger partial charge in [-0.05, 0) is 49.9 Å². The van der Waals surface area contributed by atoms with E-state index in [4.69, 9.17) is 11.6 Å². The smallest absolute Gasteiger partial charge is 0.273 e. The van der Waals surface area contributed by atoms with Crippen molar-refractivity contribution in [3.8, 4) is 17.1 Å². The lowest BCUT2D eigenvalue weighted by molar-refractivity contribution is 0.0719. The fourth-order valence-electron chi connectivity index (χ4n) is 4.07. The van der Waals surface area contributed by atoms with Crippen LogP contribution in [-0.4, -0.2) is 43.6 Å². The summed E-state index contributed by atoms with van der Waals surface area (Å²) in [5.74, 6) is 1.34. The van der Waals surface area contributed by atoms with E-state index in [2.05, 4.69) is 38.8 Å². The predicted molar refractivity (Wildman–Crippen MR) is 138 cm³/mol. The number of carbonyl (C=O) groups excluding carboxylic acids is 1. The highest BCUT2D eigenvalue weighted by molar-refractivity contribution is 7.98. The molecule has 1 amide bonds. The van der Waals surface area contributed by atoms with E-state index in [1.165, 1.54) is 17.8 Å². The molecular formula is C25H24ClN5OS2. The van der Waals surface area contributed by atoms with Crippen LogP contribution >= 0.6 is 34.7 Å². The van der Waals surface area contributed by atoms with Gasteiger partial charge in [0, 0.05) is 24.0 Å². The Balaban J connectivity index is 1.42. The maximum Gasteiger partial charge on any atom is 0.273 e. The summed E-state index contributed by atoms with van der Waals surface area (Å²) in [6.45, 7) is 3.72. The number of aryl methyl sites for hydroxylation is 1. The van der Waals surface area contributed by atoms with E-state index in [9.17, 15) is 4.79 Å². The number of aromatic nitrogens is 4. The molecule has 0 unspecified atom stereocenters. The average molecular weight is 510 g/mol. The van der Waals surface area contributed by atoms with Crippen molar-refractivity contribution >= 4 is 40.6 Å². The van der Waals surface area contributed by atoms with Gasteiger partial charge >= 0.3 is 0 Å². The van der Waals surface area contributed by atoms with E-state index in [0.717, 1.165) is 52.9 Å². The molecule has 1 aliphatic rings. The summed E-state index contributed by atoms with van der Waals surface area (Å²) in [6.07, 6.45) is 3.34. The minimum absolute atomic E-state index is 0.0382. The molecular weight excluding hydrogens is 486 g/mol. The van der Waals surface area contributed by atoms with Crippen molar-refractivity contribution in [1.29, 1.82) is 0 Å². The number of benzene rings is 2. The monoisotopic (exact) mass is 509 g/mol. The van der Waals surface area contributed by atoms with E-state index in [-0.39, 0.29) is 5.91 Å². The molecule has 4 aromatic rings. The van der Waals surface area contributed by atoms with Crippen LogP contribution in [0.1, 0.15) is 40.3 Å². The van der Waals surface area contributed by atoms with E-state index in [1.807, 2.05) is 46.7 Å². The molecule has 1 fully saturated rings. The number of likely N-dealkylation sites (tertiary alicyclic amines) is 1. The van der Waals surface area contributed by atoms with Gasteiger partial charge in [0.1, 0.15) is 10.7 Å². The SMILES string of the molecule is Cc1ccccc1-n1c(SCc2nc(C(=O)N3CCCCC3)cs2)nnc1-c1ccccc1Cl. The summed E-state index contributed by atoms with van der Waals surface area (Å²) in [5, 5.41) is 13.1. The number of hydrogen-bond acceptors (Lipinski definition) is 6. The lowest BCUT2D eigenvalue weighted by Crippen LogP contribution is -2.35. The normalized spacial score (nSPS) is 13.9. The number of rotatable bonds is 6. The first-order chi connectivity index (χ1) is 16.6. The number of hydrogen-bond donors (Lipinski definition) is 0. The van der Waals surface area contributed by atoms with E-state index >= 15 is 0 Å². The second kappa shape index (κ2) is 10.3. The van der Waals surface area contributed by atoms with Crippen molar-refractivity contribution in [1.82, 2.24) is 24.6 Å². The lowest BCUT2D eigenvalue weighted by atomic mass is 10.1. The molecule has 9 heteroatoms. The van der Waals surface area contributed by atoms with Crippen molar-refractivity contribution in [3.05, 3.63) is 75.2 Å². The van der Waals surface area contributed by atoms with Crippen molar-refractivity contribution in [2.45, 2.75) is 37.1 Å².